The van der Waals surface area contributed by atoms with Crippen LogP contribution in [0.25, 0.3) is 33.7 Å². The van der Waals surface area contributed by atoms with E-state index >= 15 is 0 Å². The molecular formula is C36H28O2. The number of hydrogen-bond acceptors (Lipinski definition) is 2. The van der Waals surface area contributed by atoms with E-state index in [1.807, 2.05) is 24.3 Å². The van der Waals surface area contributed by atoms with E-state index in [-0.39, 0.29) is 0 Å². The highest BCUT2D eigenvalue weighted by atomic mass is 16.5. The number of benzene rings is 6. The first-order valence-corrected chi connectivity index (χ1v) is 12.9. The molecule has 38 heavy (non-hydrogen) atoms. The Morgan fingerprint density at radius 3 is 1.24 bits per heavy atom. The topological polar surface area (TPSA) is 18.5 Å². The summed E-state index contributed by atoms with van der Waals surface area (Å²) in [7, 11) is 0. The molecule has 0 aliphatic heterocycles. The molecule has 0 aliphatic carbocycles. The summed E-state index contributed by atoms with van der Waals surface area (Å²) in [5, 5.41) is 4.94. The summed E-state index contributed by atoms with van der Waals surface area (Å²) in [5.41, 5.74) is 4.63. The normalized spacial score (nSPS) is 11.3. The first kappa shape index (κ1) is 23.6. The average Bonchev–Trinajstić information content (AvgIpc) is 2.99. The van der Waals surface area contributed by atoms with Crippen LogP contribution >= 0.6 is 0 Å². The summed E-state index contributed by atoms with van der Waals surface area (Å²) >= 11 is 0. The number of fused-ring (bicyclic) bond motifs is 2. The Morgan fingerprint density at radius 1 is 0.395 bits per heavy atom. The van der Waals surface area contributed by atoms with Crippen molar-refractivity contribution in [1.82, 2.24) is 0 Å². The van der Waals surface area contributed by atoms with E-state index in [1.54, 1.807) is 0 Å². The predicted octanol–water partition coefficient (Wildman–Crippen LogP) is 9.32. The standard InChI is InChI=1S/C36H28O2/c1-3-13-35-29(7-1)9-5-11-31(35)25-37-33-21-17-27(18-22-33)15-16-28-19-23-34(24-20-28)38-26-32-12-6-10-30-8-2-4-14-36(30)32/h1-24H,25-26H2/b16-15+. The fourth-order valence-corrected chi connectivity index (χ4v) is 4.70. The van der Waals surface area contributed by atoms with Gasteiger partial charge in [-0.15, -0.1) is 0 Å². The molecule has 2 heteroatoms. The molecule has 0 fully saturated rings. The van der Waals surface area contributed by atoms with Gasteiger partial charge in [0.25, 0.3) is 0 Å². The molecule has 0 saturated carbocycles. The zero-order valence-corrected chi connectivity index (χ0v) is 21.1. The molecule has 6 rings (SSSR count). The Kier molecular flexibility index (Phi) is 6.86. The molecule has 0 saturated heterocycles. The smallest absolute Gasteiger partial charge is 0.119 e. The molecule has 184 valence electrons. The van der Waals surface area contributed by atoms with Gasteiger partial charge in [-0.05, 0) is 68.1 Å². The summed E-state index contributed by atoms with van der Waals surface area (Å²) in [6.07, 6.45) is 4.22. The van der Waals surface area contributed by atoms with Crippen molar-refractivity contribution in [2.45, 2.75) is 13.2 Å². The second-order valence-electron chi connectivity index (χ2n) is 9.33. The third-order valence-electron chi connectivity index (χ3n) is 6.78. The number of ether oxygens (including phenoxy) is 2. The molecule has 0 heterocycles. The lowest BCUT2D eigenvalue weighted by Gasteiger charge is -2.09. The van der Waals surface area contributed by atoms with Crippen LogP contribution in [0.2, 0.25) is 0 Å². The highest BCUT2D eigenvalue weighted by molar-refractivity contribution is 5.86. The monoisotopic (exact) mass is 492 g/mol. The quantitative estimate of drug-likeness (QED) is 0.197. The largest absolute Gasteiger partial charge is 0.489 e. The Bertz CT molecular complexity index is 1560. The lowest BCUT2D eigenvalue weighted by Crippen LogP contribution is -1.96. The maximum Gasteiger partial charge on any atom is 0.119 e. The van der Waals surface area contributed by atoms with Gasteiger partial charge in [0.05, 0.1) is 0 Å². The average molecular weight is 493 g/mol. The minimum atomic E-state index is 0.547. The van der Waals surface area contributed by atoms with Gasteiger partial charge < -0.3 is 9.47 Å². The van der Waals surface area contributed by atoms with E-state index < -0.39 is 0 Å². The molecule has 0 unspecified atom stereocenters. The van der Waals surface area contributed by atoms with Crippen LogP contribution in [-0.4, -0.2) is 0 Å². The molecule has 0 bridgehead atoms. The third-order valence-corrected chi connectivity index (χ3v) is 6.78. The molecule has 0 aliphatic rings. The lowest BCUT2D eigenvalue weighted by molar-refractivity contribution is 0.307. The van der Waals surface area contributed by atoms with Crippen molar-refractivity contribution >= 4 is 33.7 Å². The minimum Gasteiger partial charge on any atom is -0.489 e. The Hall–Kier alpha value is -4.82. The Morgan fingerprint density at radius 2 is 0.789 bits per heavy atom. The van der Waals surface area contributed by atoms with Gasteiger partial charge in [-0.2, -0.15) is 0 Å². The van der Waals surface area contributed by atoms with Gasteiger partial charge >= 0.3 is 0 Å². The van der Waals surface area contributed by atoms with E-state index in [0.29, 0.717) is 13.2 Å². The number of rotatable bonds is 8. The van der Waals surface area contributed by atoms with Crippen LogP contribution in [0.5, 0.6) is 11.5 Å². The Labute approximate surface area is 223 Å². The highest BCUT2D eigenvalue weighted by Crippen LogP contribution is 2.23. The summed E-state index contributed by atoms with van der Waals surface area (Å²) < 4.78 is 12.1. The molecule has 0 N–H and O–H groups in total. The molecule has 0 spiro atoms. The van der Waals surface area contributed by atoms with Crippen LogP contribution in [-0.2, 0) is 13.2 Å². The van der Waals surface area contributed by atoms with Gasteiger partial charge in [0.1, 0.15) is 24.7 Å². The molecule has 0 atom stereocenters. The summed E-state index contributed by atoms with van der Waals surface area (Å²) in [5.74, 6) is 1.73. The second kappa shape index (κ2) is 11.1. The zero-order chi connectivity index (χ0) is 25.6. The molecule has 2 nitrogen and oxygen atoms in total. The SMILES string of the molecule is C(=C\c1ccc(OCc2cccc3ccccc23)cc1)/c1ccc(OCc2cccc3ccccc23)cc1. The lowest BCUT2D eigenvalue weighted by atomic mass is 10.1. The summed E-state index contributed by atoms with van der Waals surface area (Å²) in [6.45, 7) is 1.09. The van der Waals surface area contributed by atoms with Crippen molar-refractivity contribution in [2.75, 3.05) is 0 Å². The second-order valence-corrected chi connectivity index (χ2v) is 9.33. The molecule has 6 aromatic rings. The van der Waals surface area contributed by atoms with Crippen LogP contribution in [0.15, 0.2) is 133 Å². The summed E-state index contributed by atoms with van der Waals surface area (Å²) in [6, 6.07) is 45.9. The van der Waals surface area contributed by atoms with E-state index in [2.05, 4.69) is 121 Å². The molecular weight excluding hydrogens is 464 g/mol. The first-order chi connectivity index (χ1) is 18.8. The molecule has 0 radical (unpaired) electrons. The van der Waals surface area contributed by atoms with Crippen LogP contribution in [0.4, 0.5) is 0 Å². The van der Waals surface area contributed by atoms with Gasteiger partial charge in [0, 0.05) is 0 Å². The van der Waals surface area contributed by atoms with Crippen molar-refractivity contribution in [2.24, 2.45) is 0 Å². The van der Waals surface area contributed by atoms with Gasteiger partial charge in [-0.1, -0.05) is 121 Å². The van der Waals surface area contributed by atoms with Crippen molar-refractivity contribution in [3.8, 4) is 11.5 Å². The molecule has 0 amide bonds. The highest BCUT2D eigenvalue weighted by Gasteiger charge is 2.03. The van der Waals surface area contributed by atoms with Gasteiger partial charge in [-0.3, -0.25) is 0 Å². The third kappa shape index (κ3) is 5.45. The fraction of sp³-hybridized carbons (Fsp3) is 0.0556. The maximum absolute atomic E-state index is 6.07. The van der Waals surface area contributed by atoms with E-state index in [1.165, 1.54) is 32.7 Å². The van der Waals surface area contributed by atoms with Crippen LogP contribution < -0.4 is 9.47 Å². The van der Waals surface area contributed by atoms with Crippen LogP contribution in [0.3, 0.4) is 0 Å². The van der Waals surface area contributed by atoms with Crippen molar-refractivity contribution in [1.29, 1.82) is 0 Å². The maximum atomic E-state index is 6.07. The van der Waals surface area contributed by atoms with Crippen LogP contribution in [0.1, 0.15) is 22.3 Å². The van der Waals surface area contributed by atoms with Gasteiger partial charge in [0.2, 0.25) is 0 Å². The fourth-order valence-electron chi connectivity index (χ4n) is 4.70. The van der Waals surface area contributed by atoms with E-state index in [4.69, 9.17) is 9.47 Å². The molecule has 0 aromatic heterocycles. The van der Waals surface area contributed by atoms with Crippen molar-refractivity contribution < 1.29 is 9.47 Å². The van der Waals surface area contributed by atoms with E-state index in [9.17, 15) is 0 Å². The van der Waals surface area contributed by atoms with Gasteiger partial charge in [0.15, 0.2) is 0 Å². The number of hydrogen-bond donors (Lipinski definition) is 0. The van der Waals surface area contributed by atoms with Crippen LogP contribution in [0, 0.1) is 0 Å². The van der Waals surface area contributed by atoms with Crippen molar-refractivity contribution in [3.05, 3.63) is 156 Å². The zero-order valence-electron chi connectivity index (χ0n) is 21.1. The summed E-state index contributed by atoms with van der Waals surface area (Å²) in [4.78, 5) is 0. The molecule has 6 aromatic carbocycles. The predicted molar refractivity (Wildman–Crippen MR) is 158 cm³/mol. The minimum absolute atomic E-state index is 0.547. The Balaban J connectivity index is 1.04. The van der Waals surface area contributed by atoms with Gasteiger partial charge in [-0.25, -0.2) is 0 Å². The first-order valence-electron chi connectivity index (χ1n) is 12.9. The van der Waals surface area contributed by atoms with Crippen molar-refractivity contribution in [3.63, 3.8) is 0 Å². The van der Waals surface area contributed by atoms with E-state index in [0.717, 1.165) is 22.6 Å².